The van der Waals surface area contributed by atoms with E-state index in [9.17, 15) is 9.59 Å². The zero-order valence-electron chi connectivity index (χ0n) is 16.7. The number of carbonyl (C=O) groups excluding carboxylic acids is 2. The van der Waals surface area contributed by atoms with Crippen LogP contribution in [0.3, 0.4) is 0 Å². The summed E-state index contributed by atoms with van der Waals surface area (Å²) in [4.78, 5) is 32.2. The minimum atomic E-state index is -0.728. The standard InChI is InChI=1S/C23H21N3O5/c27-21(25-10-15-2-1-7-24-9-15)19-17-5-6-23(31-17)12-26(22(28)20(19)23)11-14-3-4-16-18(8-14)30-13-29-16/h1-9,17,19-20H,10-13H2,(H,25,27)/t17-,19-,20-,23-/m1/s1. The van der Waals surface area contributed by atoms with Crippen molar-refractivity contribution in [2.45, 2.75) is 24.8 Å². The Hall–Kier alpha value is -3.39. The third-order valence-electron chi connectivity index (χ3n) is 6.48. The third-order valence-corrected chi connectivity index (χ3v) is 6.48. The van der Waals surface area contributed by atoms with Crippen molar-refractivity contribution in [1.29, 1.82) is 0 Å². The molecule has 6 rings (SSSR count). The van der Waals surface area contributed by atoms with E-state index in [1.165, 1.54) is 0 Å². The molecule has 0 saturated carbocycles. The average molecular weight is 419 g/mol. The first kappa shape index (κ1) is 18.4. The maximum atomic E-state index is 13.4. The molecule has 1 aromatic heterocycles. The lowest BCUT2D eigenvalue weighted by atomic mass is 9.77. The maximum absolute atomic E-state index is 13.4. The van der Waals surface area contributed by atoms with E-state index in [0.717, 1.165) is 11.1 Å². The van der Waals surface area contributed by atoms with Crippen molar-refractivity contribution in [2.75, 3.05) is 13.3 Å². The molecular weight excluding hydrogens is 398 g/mol. The summed E-state index contributed by atoms with van der Waals surface area (Å²) in [7, 11) is 0. The number of ether oxygens (including phenoxy) is 3. The van der Waals surface area contributed by atoms with Gasteiger partial charge < -0.3 is 24.4 Å². The van der Waals surface area contributed by atoms with Gasteiger partial charge in [0.1, 0.15) is 5.60 Å². The molecule has 4 aliphatic heterocycles. The number of benzene rings is 1. The van der Waals surface area contributed by atoms with Gasteiger partial charge in [-0.05, 0) is 29.3 Å². The molecule has 2 amide bonds. The first-order valence-corrected chi connectivity index (χ1v) is 10.3. The van der Waals surface area contributed by atoms with Crippen molar-refractivity contribution in [3.05, 3.63) is 66.0 Å². The highest BCUT2D eigenvalue weighted by molar-refractivity contribution is 5.93. The van der Waals surface area contributed by atoms with Crippen LogP contribution >= 0.6 is 0 Å². The number of amides is 2. The minimum Gasteiger partial charge on any atom is -0.454 e. The van der Waals surface area contributed by atoms with E-state index in [1.807, 2.05) is 42.5 Å². The number of nitrogens with one attached hydrogen (secondary N) is 1. The molecule has 8 heteroatoms. The maximum Gasteiger partial charge on any atom is 0.231 e. The van der Waals surface area contributed by atoms with E-state index in [2.05, 4.69) is 10.3 Å². The number of carbonyl (C=O) groups is 2. The van der Waals surface area contributed by atoms with Gasteiger partial charge in [-0.2, -0.15) is 0 Å². The quantitative estimate of drug-likeness (QED) is 0.737. The summed E-state index contributed by atoms with van der Waals surface area (Å²) in [6.45, 7) is 1.45. The van der Waals surface area contributed by atoms with Crippen molar-refractivity contribution in [3.8, 4) is 11.5 Å². The van der Waals surface area contributed by atoms with Crippen molar-refractivity contribution in [1.82, 2.24) is 15.2 Å². The molecule has 2 aromatic rings. The van der Waals surface area contributed by atoms with Crippen LogP contribution in [0.15, 0.2) is 54.9 Å². The second kappa shape index (κ2) is 6.81. The molecule has 0 radical (unpaired) electrons. The van der Waals surface area contributed by atoms with E-state index >= 15 is 0 Å². The monoisotopic (exact) mass is 419 g/mol. The lowest BCUT2D eigenvalue weighted by Crippen LogP contribution is -2.43. The molecule has 1 N–H and O–H groups in total. The SMILES string of the molecule is O=C(NCc1cccnc1)[C@@H]1[C@H]2C=C[C@]3(CN(Cc4ccc5c(c4)OCO5)C(=O)[C@@H]13)O2. The van der Waals surface area contributed by atoms with Gasteiger partial charge in [0.05, 0.1) is 24.5 Å². The van der Waals surface area contributed by atoms with Gasteiger partial charge in [0.2, 0.25) is 18.6 Å². The van der Waals surface area contributed by atoms with Gasteiger partial charge in [-0.1, -0.05) is 24.3 Å². The first-order valence-electron chi connectivity index (χ1n) is 10.3. The Morgan fingerprint density at radius 1 is 1.23 bits per heavy atom. The number of likely N-dealkylation sites (tertiary alicyclic amines) is 1. The van der Waals surface area contributed by atoms with Gasteiger partial charge in [-0.3, -0.25) is 14.6 Å². The largest absolute Gasteiger partial charge is 0.454 e. The highest BCUT2D eigenvalue weighted by Gasteiger charge is 2.66. The summed E-state index contributed by atoms with van der Waals surface area (Å²) >= 11 is 0. The highest BCUT2D eigenvalue weighted by Crippen LogP contribution is 2.52. The van der Waals surface area contributed by atoms with Crippen LogP contribution in [-0.4, -0.2) is 46.7 Å². The Kier molecular flexibility index (Phi) is 4.04. The Morgan fingerprint density at radius 2 is 2.13 bits per heavy atom. The molecule has 0 aliphatic carbocycles. The molecule has 2 fully saturated rings. The van der Waals surface area contributed by atoms with Gasteiger partial charge in [0, 0.05) is 25.5 Å². The van der Waals surface area contributed by atoms with E-state index in [-0.39, 0.29) is 24.7 Å². The summed E-state index contributed by atoms with van der Waals surface area (Å²) < 4.78 is 17.0. The zero-order chi connectivity index (χ0) is 21.0. The van der Waals surface area contributed by atoms with Crippen LogP contribution in [0.1, 0.15) is 11.1 Å². The van der Waals surface area contributed by atoms with Crippen molar-refractivity contribution in [3.63, 3.8) is 0 Å². The third kappa shape index (κ3) is 2.90. The topological polar surface area (TPSA) is 90.0 Å². The Bertz CT molecular complexity index is 1090. The molecule has 2 bridgehead atoms. The molecule has 1 spiro atoms. The number of aromatic nitrogens is 1. The van der Waals surface area contributed by atoms with E-state index in [1.54, 1.807) is 17.3 Å². The average Bonchev–Trinajstić information content (AvgIpc) is 3.54. The Morgan fingerprint density at radius 3 is 3.00 bits per heavy atom. The molecule has 4 aliphatic rings. The van der Waals surface area contributed by atoms with Gasteiger partial charge in [-0.15, -0.1) is 0 Å². The number of pyridine rings is 1. The summed E-state index contributed by atoms with van der Waals surface area (Å²) in [5, 5.41) is 2.95. The van der Waals surface area contributed by atoms with Gasteiger partial charge >= 0.3 is 0 Å². The van der Waals surface area contributed by atoms with Crippen molar-refractivity contribution < 1.29 is 23.8 Å². The van der Waals surface area contributed by atoms with Crippen LogP contribution in [0.5, 0.6) is 11.5 Å². The lowest BCUT2D eigenvalue weighted by molar-refractivity contribution is -0.137. The second-order valence-corrected chi connectivity index (χ2v) is 8.36. The van der Waals surface area contributed by atoms with Crippen LogP contribution in [0.25, 0.3) is 0 Å². The Balaban J connectivity index is 1.19. The molecule has 5 heterocycles. The summed E-state index contributed by atoms with van der Waals surface area (Å²) in [5.41, 5.74) is 1.13. The Labute approximate surface area is 178 Å². The lowest BCUT2D eigenvalue weighted by Gasteiger charge is -2.23. The van der Waals surface area contributed by atoms with Crippen molar-refractivity contribution in [2.24, 2.45) is 11.8 Å². The smallest absolute Gasteiger partial charge is 0.231 e. The van der Waals surface area contributed by atoms with Crippen LogP contribution in [0.2, 0.25) is 0 Å². The van der Waals surface area contributed by atoms with Gasteiger partial charge in [-0.25, -0.2) is 0 Å². The summed E-state index contributed by atoms with van der Waals surface area (Å²) in [6, 6.07) is 9.41. The van der Waals surface area contributed by atoms with E-state index in [0.29, 0.717) is 31.1 Å². The highest BCUT2D eigenvalue weighted by atomic mass is 16.7. The molecule has 0 unspecified atom stereocenters. The van der Waals surface area contributed by atoms with Crippen LogP contribution in [0, 0.1) is 11.8 Å². The van der Waals surface area contributed by atoms with Gasteiger partial charge in [0.25, 0.3) is 0 Å². The fourth-order valence-electron chi connectivity index (χ4n) is 5.08. The fourth-order valence-corrected chi connectivity index (χ4v) is 5.08. The predicted molar refractivity (Wildman–Crippen MR) is 108 cm³/mol. The number of hydrogen-bond acceptors (Lipinski definition) is 6. The number of nitrogens with zero attached hydrogens (tertiary/aromatic N) is 2. The summed E-state index contributed by atoms with van der Waals surface area (Å²) in [6.07, 6.45) is 6.92. The van der Waals surface area contributed by atoms with Crippen molar-refractivity contribution >= 4 is 11.8 Å². The molecule has 31 heavy (non-hydrogen) atoms. The second-order valence-electron chi connectivity index (χ2n) is 8.36. The minimum absolute atomic E-state index is 0.0500. The number of rotatable bonds is 5. The first-order chi connectivity index (χ1) is 15.1. The van der Waals surface area contributed by atoms with E-state index < -0.39 is 17.4 Å². The van der Waals surface area contributed by atoms with Gasteiger partial charge in [0.15, 0.2) is 11.5 Å². The normalized spacial score (nSPS) is 29.5. The number of hydrogen-bond donors (Lipinski definition) is 1. The molecule has 4 atom stereocenters. The predicted octanol–water partition coefficient (Wildman–Crippen LogP) is 1.41. The van der Waals surface area contributed by atoms with Crippen LogP contribution in [0.4, 0.5) is 0 Å². The zero-order valence-corrected chi connectivity index (χ0v) is 16.7. The fraction of sp³-hybridized carbons (Fsp3) is 0.348. The number of fused-ring (bicyclic) bond motifs is 2. The van der Waals surface area contributed by atoms with Crippen LogP contribution in [-0.2, 0) is 27.4 Å². The molecule has 1 aromatic carbocycles. The van der Waals surface area contributed by atoms with Crippen LogP contribution < -0.4 is 14.8 Å². The molecule has 8 nitrogen and oxygen atoms in total. The molecule has 2 saturated heterocycles. The molecular formula is C23H21N3O5. The van der Waals surface area contributed by atoms with E-state index in [4.69, 9.17) is 14.2 Å². The summed E-state index contributed by atoms with van der Waals surface area (Å²) in [5.74, 6) is 0.144. The molecule has 158 valence electrons.